The Labute approximate surface area is 122 Å². The molecule has 0 saturated carbocycles. The summed E-state index contributed by atoms with van der Waals surface area (Å²) in [6.07, 6.45) is 0.779. The SMILES string of the molecule is O=C1Nc2ccccc2[C@@]12CCN[C@H]2c1ccc(O)cc1. The van der Waals surface area contributed by atoms with E-state index in [4.69, 9.17) is 0 Å². The van der Waals surface area contributed by atoms with Crippen LogP contribution in [0.25, 0.3) is 0 Å². The van der Waals surface area contributed by atoms with Crippen LogP contribution in [0.2, 0.25) is 0 Å². The van der Waals surface area contributed by atoms with Gasteiger partial charge in [0.2, 0.25) is 5.91 Å². The number of aromatic hydroxyl groups is 1. The van der Waals surface area contributed by atoms with Crippen LogP contribution < -0.4 is 10.6 Å². The lowest BCUT2D eigenvalue weighted by atomic mass is 9.73. The number of phenolic OH excluding ortho intramolecular Hbond substituents is 1. The van der Waals surface area contributed by atoms with E-state index in [9.17, 15) is 9.90 Å². The van der Waals surface area contributed by atoms with Gasteiger partial charge in [0.1, 0.15) is 5.75 Å². The van der Waals surface area contributed by atoms with E-state index in [0.29, 0.717) is 0 Å². The van der Waals surface area contributed by atoms with Crippen molar-refractivity contribution >= 4 is 11.6 Å². The third-order valence-electron chi connectivity index (χ3n) is 4.65. The van der Waals surface area contributed by atoms with Gasteiger partial charge < -0.3 is 15.7 Å². The minimum atomic E-state index is -0.548. The second-order valence-electron chi connectivity index (χ2n) is 5.70. The summed E-state index contributed by atoms with van der Waals surface area (Å²) in [5, 5.41) is 15.9. The summed E-state index contributed by atoms with van der Waals surface area (Å²) in [4.78, 5) is 12.7. The highest BCUT2D eigenvalue weighted by atomic mass is 16.3. The zero-order valence-corrected chi connectivity index (χ0v) is 11.5. The molecule has 4 nitrogen and oxygen atoms in total. The first-order valence-electron chi connectivity index (χ1n) is 7.15. The second kappa shape index (κ2) is 4.33. The molecule has 106 valence electrons. The van der Waals surface area contributed by atoms with Gasteiger partial charge in [-0.2, -0.15) is 0 Å². The molecule has 4 heteroatoms. The molecule has 2 aromatic carbocycles. The molecule has 0 radical (unpaired) electrons. The number of phenols is 1. The summed E-state index contributed by atoms with van der Waals surface area (Å²) >= 11 is 0. The van der Waals surface area contributed by atoms with Gasteiger partial charge in [-0.15, -0.1) is 0 Å². The van der Waals surface area contributed by atoms with Gasteiger partial charge in [-0.3, -0.25) is 4.79 Å². The maximum atomic E-state index is 12.7. The van der Waals surface area contributed by atoms with Crippen LogP contribution in [0.3, 0.4) is 0 Å². The highest BCUT2D eigenvalue weighted by Gasteiger charge is 2.55. The van der Waals surface area contributed by atoms with Crippen LogP contribution in [0, 0.1) is 0 Å². The number of amides is 1. The van der Waals surface area contributed by atoms with E-state index in [-0.39, 0.29) is 17.7 Å². The van der Waals surface area contributed by atoms with Crippen molar-refractivity contribution in [2.45, 2.75) is 17.9 Å². The van der Waals surface area contributed by atoms with Crippen molar-refractivity contribution in [2.75, 3.05) is 11.9 Å². The van der Waals surface area contributed by atoms with Crippen LogP contribution in [0.5, 0.6) is 5.75 Å². The summed E-state index contributed by atoms with van der Waals surface area (Å²) in [5.41, 5.74) is 2.46. The number of fused-ring (bicyclic) bond motifs is 2. The number of anilines is 1. The lowest BCUT2D eigenvalue weighted by Gasteiger charge is -2.29. The fraction of sp³-hybridized carbons (Fsp3) is 0.235. The van der Waals surface area contributed by atoms with Crippen molar-refractivity contribution in [1.82, 2.24) is 5.32 Å². The highest BCUT2D eigenvalue weighted by molar-refractivity contribution is 6.07. The number of para-hydroxylation sites is 1. The molecule has 2 aliphatic heterocycles. The van der Waals surface area contributed by atoms with Crippen LogP contribution in [-0.2, 0) is 10.2 Å². The number of hydrogen-bond acceptors (Lipinski definition) is 3. The lowest BCUT2D eigenvalue weighted by Crippen LogP contribution is -2.39. The summed E-state index contributed by atoms with van der Waals surface area (Å²) < 4.78 is 0. The minimum absolute atomic E-state index is 0.0618. The summed E-state index contributed by atoms with van der Waals surface area (Å²) in [6.45, 7) is 0.799. The second-order valence-corrected chi connectivity index (χ2v) is 5.70. The molecule has 0 aliphatic carbocycles. The Bertz CT molecular complexity index is 711. The molecular weight excluding hydrogens is 264 g/mol. The van der Waals surface area contributed by atoms with Crippen molar-refractivity contribution < 1.29 is 9.90 Å². The third kappa shape index (κ3) is 1.63. The third-order valence-corrected chi connectivity index (χ3v) is 4.65. The maximum Gasteiger partial charge on any atom is 0.237 e. The summed E-state index contributed by atoms with van der Waals surface area (Å²) in [7, 11) is 0. The minimum Gasteiger partial charge on any atom is -0.508 e. The average molecular weight is 280 g/mol. The van der Waals surface area contributed by atoms with Crippen LogP contribution in [-0.4, -0.2) is 17.6 Å². The van der Waals surface area contributed by atoms with E-state index < -0.39 is 5.41 Å². The molecule has 1 fully saturated rings. The Kier molecular flexibility index (Phi) is 2.56. The molecule has 21 heavy (non-hydrogen) atoms. The molecule has 0 aromatic heterocycles. The first-order valence-corrected chi connectivity index (χ1v) is 7.15. The van der Waals surface area contributed by atoms with Crippen molar-refractivity contribution in [3.8, 4) is 5.75 Å². The van der Waals surface area contributed by atoms with Gasteiger partial charge in [0.15, 0.2) is 0 Å². The topological polar surface area (TPSA) is 61.4 Å². The number of nitrogens with one attached hydrogen (secondary N) is 2. The first-order chi connectivity index (χ1) is 10.2. The number of rotatable bonds is 1. The molecule has 1 amide bonds. The maximum absolute atomic E-state index is 12.7. The fourth-order valence-corrected chi connectivity index (χ4v) is 3.67. The quantitative estimate of drug-likeness (QED) is 0.751. The van der Waals surface area contributed by atoms with Crippen LogP contribution >= 0.6 is 0 Å². The van der Waals surface area contributed by atoms with Crippen molar-refractivity contribution in [3.63, 3.8) is 0 Å². The zero-order chi connectivity index (χ0) is 14.4. The smallest absolute Gasteiger partial charge is 0.237 e. The molecule has 0 unspecified atom stereocenters. The number of carbonyl (C=O) groups excluding carboxylic acids is 1. The van der Waals surface area contributed by atoms with Gasteiger partial charge in [0.05, 0.1) is 11.5 Å². The van der Waals surface area contributed by atoms with E-state index in [1.165, 1.54) is 0 Å². The molecule has 0 bridgehead atoms. The Morgan fingerprint density at radius 1 is 1.10 bits per heavy atom. The number of carbonyl (C=O) groups is 1. The van der Waals surface area contributed by atoms with Crippen molar-refractivity contribution in [3.05, 3.63) is 59.7 Å². The van der Waals surface area contributed by atoms with Crippen molar-refractivity contribution in [1.29, 1.82) is 0 Å². The Morgan fingerprint density at radius 2 is 1.86 bits per heavy atom. The molecule has 2 aromatic rings. The van der Waals surface area contributed by atoms with Crippen LogP contribution in [0.15, 0.2) is 48.5 Å². The Hall–Kier alpha value is -2.33. The van der Waals surface area contributed by atoms with Gasteiger partial charge >= 0.3 is 0 Å². The standard InChI is InChI=1S/C17H16N2O2/c20-12-7-5-11(6-8-12)15-17(9-10-18-15)13-3-1-2-4-14(13)19-16(17)21/h1-8,15,18,20H,9-10H2,(H,19,21)/t15-,17+/m0/s1. The van der Waals surface area contributed by atoms with E-state index in [1.54, 1.807) is 12.1 Å². The van der Waals surface area contributed by atoms with E-state index in [2.05, 4.69) is 10.6 Å². The molecule has 2 atom stereocenters. The van der Waals surface area contributed by atoms with Crippen molar-refractivity contribution in [2.24, 2.45) is 0 Å². The van der Waals surface area contributed by atoms with Gasteiger partial charge in [0.25, 0.3) is 0 Å². The van der Waals surface area contributed by atoms with Gasteiger partial charge in [0, 0.05) is 5.69 Å². The molecular formula is C17H16N2O2. The van der Waals surface area contributed by atoms with Gasteiger partial charge in [-0.05, 0) is 42.3 Å². The van der Waals surface area contributed by atoms with Gasteiger partial charge in [-0.25, -0.2) is 0 Å². The Morgan fingerprint density at radius 3 is 2.67 bits per heavy atom. The summed E-state index contributed by atoms with van der Waals surface area (Å²) in [5.74, 6) is 0.300. The Balaban J connectivity index is 1.86. The lowest BCUT2D eigenvalue weighted by molar-refractivity contribution is -0.121. The number of hydrogen-bond donors (Lipinski definition) is 3. The van der Waals surface area contributed by atoms with E-state index in [0.717, 1.165) is 29.8 Å². The normalized spacial score (nSPS) is 26.9. The molecule has 4 rings (SSSR count). The van der Waals surface area contributed by atoms with E-state index in [1.807, 2.05) is 36.4 Å². The molecule has 1 saturated heterocycles. The first kappa shape index (κ1) is 12.4. The molecule has 3 N–H and O–H groups in total. The average Bonchev–Trinajstić information content (AvgIpc) is 3.05. The zero-order valence-electron chi connectivity index (χ0n) is 11.5. The molecule has 2 heterocycles. The number of benzene rings is 2. The monoisotopic (exact) mass is 280 g/mol. The summed E-state index contributed by atoms with van der Waals surface area (Å²) in [6, 6.07) is 14.9. The fourth-order valence-electron chi connectivity index (χ4n) is 3.67. The van der Waals surface area contributed by atoms with Crippen LogP contribution in [0.1, 0.15) is 23.6 Å². The van der Waals surface area contributed by atoms with Gasteiger partial charge in [-0.1, -0.05) is 30.3 Å². The predicted octanol–water partition coefficient (Wildman–Crippen LogP) is 2.32. The van der Waals surface area contributed by atoms with E-state index >= 15 is 0 Å². The molecule has 1 spiro atoms. The molecule has 2 aliphatic rings. The largest absolute Gasteiger partial charge is 0.508 e. The predicted molar refractivity (Wildman–Crippen MR) is 80.2 cm³/mol. The van der Waals surface area contributed by atoms with Crippen LogP contribution in [0.4, 0.5) is 5.69 Å². The highest BCUT2D eigenvalue weighted by Crippen LogP contribution is 2.50.